The average Bonchev–Trinajstić information content (AvgIpc) is 2.97. The summed E-state index contributed by atoms with van der Waals surface area (Å²) in [4.78, 5) is 4.21. The minimum Gasteiger partial charge on any atom is -0.361 e. The van der Waals surface area contributed by atoms with Crippen LogP contribution in [0.2, 0.25) is 0 Å². The summed E-state index contributed by atoms with van der Waals surface area (Å²) < 4.78 is 1.81. The van der Waals surface area contributed by atoms with Crippen molar-refractivity contribution >= 4 is 11.5 Å². The van der Waals surface area contributed by atoms with Crippen molar-refractivity contribution in [3.05, 3.63) is 36.7 Å². The second-order valence-electron chi connectivity index (χ2n) is 3.27. The third kappa shape index (κ3) is 1.48. The van der Waals surface area contributed by atoms with E-state index in [9.17, 15) is 0 Å². The number of aromatic nitrogens is 6. The molecule has 3 rings (SSSR count). The average molecular weight is 215 g/mol. The van der Waals surface area contributed by atoms with Crippen LogP contribution in [0.25, 0.3) is 5.65 Å². The summed E-state index contributed by atoms with van der Waals surface area (Å²) in [6.45, 7) is 0.625. The Morgan fingerprint density at radius 3 is 3.25 bits per heavy atom. The molecule has 3 aromatic heterocycles. The van der Waals surface area contributed by atoms with E-state index in [1.807, 2.05) is 10.5 Å². The van der Waals surface area contributed by atoms with Crippen molar-refractivity contribution in [3.8, 4) is 0 Å². The van der Waals surface area contributed by atoms with E-state index in [0.29, 0.717) is 18.0 Å². The van der Waals surface area contributed by atoms with Crippen LogP contribution in [0.15, 0.2) is 31.0 Å². The van der Waals surface area contributed by atoms with Gasteiger partial charge in [0.25, 0.3) is 0 Å². The Kier molecular flexibility index (Phi) is 1.99. The number of rotatable bonds is 3. The molecule has 3 aromatic rings. The van der Waals surface area contributed by atoms with Gasteiger partial charge in [-0.2, -0.15) is 5.10 Å². The predicted octanol–water partition coefficient (Wildman–Crippen LogP) is 0.459. The highest BCUT2D eigenvalue weighted by atomic mass is 15.2. The molecule has 0 spiro atoms. The minimum absolute atomic E-state index is 0.625. The van der Waals surface area contributed by atoms with E-state index in [1.165, 1.54) is 0 Å². The molecular weight excluding hydrogens is 206 g/mol. The molecule has 3 heterocycles. The third-order valence-electron chi connectivity index (χ3n) is 2.22. The molecule has 0 aromatic carbocycles. The molecule has 16 heavy (non-hydrogen) atoms. The van der Waals surface area contributed by atoms with E-state index in [0.717, 1.165) is 5.69 Å². The fourth-order valence-corrected chi connectivity index (χ4v) is 1.45. The van der Waals surface area contributed by atoms with E-state index >= 15 is 0 Å². The van der Waals surface area contributed by atoms with E-state index in [1.54, 1.807) is 24.9 Å². The summed E-state index contributed by atoms with van der Waals surface area (Å²) in [5.41, 5.74) is 1.70. The number of H-pyrrole nitrogens is 1. The molecule has 0 aliphatic rings. The van der Waals surface area contributed by atoms with Crippen molar-refractivity contribution in [2.75, 3.05) is 5.32 Å². The SMILES string of the molecule is c1cc(CNc2nccn3cnnc23)[nH]n1. The molecule has 80 valence electrons. The van der Waals surface area contributed by atoms with Crippen LogP contribution in [0.5, 0.6) is 0 Å². The molecule has 2 N–H and O–H groups in total. The van der Waals surface area contributed by atoms with Gasteiger partial charge in [0, 0.05) is 18.6 Å². The first-order chi connectivity index (χ1) is 7.93. The summed E-state index contributed by atoms with van der Waals surface area (Å²) in [5.74, 6) is 0.703. The highest BCUT2D eigenvalue weighted by Gasteiger charge is 2.04. The Balaban J connectivity index is 1.86. The Morgan fingerprint density at radius 1 is 1.38 bits per heavy atom. The van der Waals surface area contributed by atoms with E-state index in [-0.39, 0.29) is 0 Å². The zero-order chi connectivity index (χ0) is 10.8. The lowest BCUT2D eigenvalue weighted by molar-refractivity contribution is 0.970. The van der Waals surface area contributed by atoms with Gasteiger partial charge >= 0.3 is 0 Å². The lowest BCUT2D eigenvalue weighted by Gasteiger charge is -2.03. The number of hydrogen-bond donors (Lipinski definition) is 2. The van der Waals surface area contributed by atoms with Gasteiger partial charge < -0.3 is 5.32 Å². The quantitative estimate of drug-likeness (QED) is 0.663. The number of anilines is 1. The standard InChI is InChI=1S/C9H9N7/c1-2-12-14-7(1)5-11-8-9-15-13-6-16(9)4-3-10-8/h1-4,6H,5H2,(H,10,11)(H,12,14). The van der Waals surface area contributed by atoms with Gasteiger partial charge in [0.2, 0.25) is 5.65 Å². The summed E-state index contributed by atoms with van der Waals surface area (Å²) in [5, 5.41) is 17.7. The summed E-state index contributed by atoms with van der Waals surface area (Å²) in [7, 11) is 0. The first kappa shape index (κ1) is 8.84. The molecule has 0 saturated carbocycles. The molecule has 7 nitrogen and oxygen atoms in total. The van der Waals surface area contributed by atoms with Gasteiger partial charge in [0.15, 0.2) is 5.82 Å². The highest BCUT2D eigenvalue weighted by molar-refractivity contribution is 5.61. The molecule has 0 aliphatic carbocycles. The topological polar surface area (TPSA) is 83.8 Å². The number of nitrogens with zero attached hydrogens (tertiary/aromatic N) is 5. The first-order valence-electron chi connectivity index (χ1n) is 4.80. The largest absolute Gasteiger partial charge is 0.361 e. The number of nitrogens with one attached hydrogen (secondary N) is 2. The minimum atomic E-state index is 0.625. The second kappa shape index (κ2) is 3.61. The molecule has 0 unspecified atom stereocenters. The highest BCUT2D eigenvalue weighted by Crippen LogP contribution is 2.10. The Bertz CT molecular complexity index is 583. The molecule has 0 atom stereocenters. The van der Waals surface area contributed by atoms with Crippen LogP contribution in [-0.2, 0) is 6.54 Å². The Hall–Kier alpha value is -2.44. The molecule has 0 saturated heterocycles. The van der Waals surface area contributed by atoms with Gasteiger partial charge in [-0.25, -0.2) is 4.98 Å². The van der Waals surface area contributed by atoms with Gasteiger partial charge in [0.1, 0.15) is 6.33 Å². The summed E-state index contributed by atoms with van der Waals surface area (Å²) >= 11 is 0. The van der Waals surface area contributed by atoms with Crippen LogP contribution in [0, 0.1) is 0 Å². The smallest absolute Gasteiger partial charge is 0.203 e. The molecule has 0 amide bonds. The molecule has 0 radical (unpaired) electrons. The van der Waals surface area contributed by atoms with Crippen LogP contribution >= 0.6 is 0 Å². The maximum atomic E-state index is 4.21. The number of aromatic amines is 1. The molecule has 0 bridgehead atoms. The van der Waals surface area contributed by atoms with Crippen molar-refractivity contribution in [3.63, 3.8) is 0 Å². The van der Waals surface area contributed by atoms with Crippen LogP contribution in [0.1, 0.15) is 5.69 Å². The van der Waals surface area contributed by atoms with Crippen molar-refractivity contribution in [2.24, 2.45) is 0 Å². The third-order valence-corrected chi connectivity index (χ3v) is 2.22. The van der Waals surface area contributed by atoms with E-state index in [2.05, 4.69) is 30.7 Å². The molecule has 0 aliphatic heterocycles. The Morgan fingerprint density at radius 2 is 2.38 bits per heavy atom. The maximum Gasteiger partial charge on any atom is 0.203 e. The van der Waals surface area contributed by atoms with E-state index < -0.39 is 0 Å². The van der Waals surface area contributed by atoms with Gasteiger partial charge in [-0.1, -0.05) is 0 Å². The van der Waals surface area contributed by atoms with Crippen molar-refractivity contribution < 1.29 is 0 Å². The predicted molar refractivity (Wildman–Crippen MR) is 56.7 cm³/mol. The van der Waals surface area contributed by atoms with Crippen LogP contribution < -0.4 is 5.32 Å². The van der Waals surface area contributed by atoms with Crippen LogP contribution in [0.4, 0.5) is 5.82 Å². The lowest BCUT2D eigenvalue weighted by atomic mass is 10.4. The zero-order valence-corrected chi connectivity index (χ0v) is 8.33. The molecule has 7 heteroatoms. The normalized spacial score (nSPS) is 10.8. The van der Waals surface area contributed by atoms with Crippen molar-refractivity contribution in [1.29, 1.82) is 0 Å². The molecular formula is C9H9N7. The monoisotopic (exact) mass is 215 g/mol. The van der Waals surface area contributed by atoms with E-state index in [4.69, 9.17) is 0 Å². The van der Waals surface area contributed by atoms with Crippen LogP contribution in [-0.4, -0.2) is 29.8 Å². The second-order valence-corrected chi connectivity index (χ2v) is 3.27. The zero-order valence-electron chi connectivity index (χ0n) is 8.33. The van der Waals surface area contributed by atoms with Gasteiger partial charge in [-0.05, 0) is 6.07 Å². The van der Waals surface area contributed by atoms with Crippen molar-refractivity contribution in [2.45, 2.75) is 6.54 Å². The lowest BCUT2D eigenvalue weighted by Crippen LogP contribution is -2.03. The summed E-state index contributed by atoms with van der Waals surface area (Å²) in [6, 6.07) is 1.90. The summed E-state index contributed by atoms with van der Waals surface area (Å²) in [6.07, 6.45) is 6.85. The fourth-order valence-electron chi connectivity index (χ4n) is 1.45. The Labute approximate surface area is 90.5 Å². The van der Waals surface area contributed by atoms with Crippen molar-refractivity contribution in [1.82, 2.24) is 29.8 Å². The first-order valence-corrected chi connectivity index (χ1v) is 4.80. The van der Waals surface area contributed by atoms with Crippen LogP contribution in [0.3, 0.4) is 0 Å². The van der Waals surface area contributed by atoms with Gasteiger partial charge in [-0.3, -0.25) is 9.50 Å². The van der Waals surface area contributed by atoms with Gasteiger partial charge in [-0.15, -0.1) is 10.2 Å². The maximum absolute atomic E-state index is 4.21. The van der Waals surface area contributed by atoms with Gasteiger partial charge in [0.05, 0.1) is 12.2 Å². The number of fused-ring (bicyclic) bond motifs is 1. The fraction of sp³-hybridized carbons (Fsp3) is 0.111. The molecule has 0 fully saturated rings. The number of hydrogen-bond acceptors (Lipinski definition) is 5.